The molecule has 0 aliphatic rings. The molecule has 2 N–H and O–H groups in total. The van der Waals surface area contributed by atoms with Crippen LogP contribution in [0.15, 0.2) is 12.4 Å². The fourth-order valence-corrected chi connectivity index (χ4v) is 0.720. The van der Waals surface area contributed by atoms with E-state index in [-0.39, 0.29) is 18.2 Å². The Kier molecular flexibility index (Phi) is 4.28. The molecule has 1 rings (SSSR count). The third-order valence-electron chi connectivity index (χ3n) is 1.41. The van der Waals surface area contributed by atoms with Gasteiger partial charge in [-0.1, -0.05) is 0 Å². The summed E-state index contributed by atoms with van der Waals surface area (Å²) in [5, 5.41) is 0. The van der Waals surface area contributed by atoms with Gasteiger partial charge in [0, 0.05) is 12.4 Å². The maximum absolute atomic E-state index is 12.0. The van der Waals surface area contributed by atoms with Gasteiger partial charge in [-0.3, -0.25) is 0 Å². The average molecular weight is 228 g/mol. The number of aromatic nitrogens is 2. The van der Waals surface area contributed by atoms with Crippen molar-refractivity contribution in [3.63, 3.8) is 0 Å². The largest absolute Gasteiger partial charge is 0.419 e. The van der Waals surface area contributed by atoms with Gasteiger partial charge in [0.05, 0.1) is 11.6 Å². The molecule has 1 heterocycles. The lowest BCUT2D eigenvalue weighted by Crippen LogP contribution is -2.12. The lowest BCUT2D eigenvalue weighted by molar-refractivity contribution is -0.138. The van der Waals surface area contributed by atoms with Gasteiger partial charge in [0.15, 0.2) is 0 Å². The van der Waals surface area contributed by atoms with Crippen LogP contribution in [0.4, 0.5) is 13.2 Å². The SMILES string of the molecule is CC(N)c1ncc(C(F)(F)F)cn1.Cl. The van der Waals surface area contributed by atoms with Crippen LogP contribution in [0.1, 0.15) is 24.4 Å². The van der Waals surface area contributed by atoms with Crippen LogP contribution in [0.25, 0.3) is 0 Å². The van der Waals surface area contributed by atoms with Crippen molar-refractivity contribution >= 4 is 12.4 Å². The summed E-state index contributed by atoms with van der Waals surface area (Å²) < 4.78 is 36.0. The molecule has 0 radical (unpaired) electrons. The fraction of sp³-hybridized carbons (Fsp3) is 0.429. The predicted octanol–water partition coefficient (Wildman–Crippen LogP) is 1.94. The van der Waals surface area contributed by atoms with Crippen molar-refractivity contribution < 1.29 is 13.2 Å². The van der Waals surface area contributed by atoms with E-state index in [4.69, 9.17) is 5.73 Å². The van der Waals surface area contributed by atoms with E-state index in [1.165, 1.54) is 0 Å². The molecule has 1 aromatic rings. The second-order valence-corrected chi connectivity index (χ2v) is 2.62. The van der Waals surface area contributed by atoms with Gasteiger partial charge in [0.1, 0.15) is 5.82 Å². The smallest absolute Gasteiger partial charge is 0.322 e. The number of halogens is 4. The van der Waals surface area contributed by atoms with Crippen LogP contribution in [0.2, 0.25) is 0 Å². The summed E-state index contributed by atoms with van der Waals surface area (Å²) in [5.74, 6) is 0.202. The molecule has 0 aliphatic heterocycles. The Morgan fingerprint density at radius 3 is 2.00 bits per heavy atom. The predicted molar refractivity (Wildman–Crippen MR) is 46.9 cm³/mol. The van der Waals surface area contributed by atoms with Crippen LogP contribution in [0.3, 0.4) is 0 Å². The lowest BCUT2D eigenvalue weighted by Gasteiger charge is -2.07. The van der Waals surface area contributed by atoms with Crippen LogP contribution in [0.5, 0.6) is 0 Å². The molecular formula is C7H9ClF3N3. The third kappa shape index (κ3) is 3.12. The summed E-state index contributed by atoms with van der Waals surface area (Å²) in [6.07, 6.45) is -2.94. The maximum atomic E-state index is 12.0. The zero-order valence-corrected chi connectivity index (χ0v) is 8.06. The Bertz CT molecular complexity index is 283. The van der Waals surface area contributed by atoms with Crippen LogP contribution in [-0.2, 0) is 6.18 Å². The van der Waals surface area contributed by atoms with Crippen molar-refractivity contribution in [2.75, 3.05) is 0 Å². The fourth-order valence-electron chi connectivity index (χ4n) is 0.720. The van der Waals surface area contributed by atoms with Crippen LogP contribution in [-0.4, -0.2) is 9.97 Å². The minimum atomic E-state index is -4.39. The zero-order valence-electron chi connectivity index (χ0n) is 7.25. The van der Waals surface area contributed by atoms with Gasteiger partial charge in [-0.2, -0.15) is 13.2 Å². The molecule has 1 atom stereocenters. The Morgan fingerprint density at radius 2 is 1.71 bits per heavy atom. The van der Waals surface area contributed by atoms with Crippen LogP contribution < -0.4 is 5.73 Å². The van der Waals surface area contributed by atoms with Crippen molar-refractivity contribution in [3.8, 4) is 0 Å². The number of rotatable bonds is 1. The summed E-state index contributed by atoms with van der Waals surface area (Å²) in [5.41, 5.74) is 4.50. The molecular weight excluding hydrogens is 219 g/mol. The molecule has 3 nitrogen and oxygen atoms in total. The Balaban J connectivity index is 0.00000169. The Hall–Kier alpha value is -0.880. The normalized spacial score (nSPS) is 13.2. The quantitative estimate of drug-likeness (QED) is 0.798. The van der Waals surface area contributed by atoms with Crippen molar-refractivity contribution in [3.05, 3.63) is 23.8 Å². The summed E-state index contributed by atoms with van der Waals surface area (Å²) in [6, 6.07) is -0.456. The van der Waals surface area contributed by atoms with Gasteiger partial charge in [-0.05, 0) is 6.92 Å². The molecule has 0 aliphatic carbocycles. The highest BCUT2D eigenvalue weighted by molar-refractivity contribution is 5.85. The molecule has 80 valence electrons. The van der Waals surface area contributed by atoms with E-state index < -0.39 is 17.8 Å². The number of nitrogens with two attached hydrogens (primary N) is 1. The molecule has 1 unspecified atom stereocenters. The number of hydrogen-bond donors (Lipinski definition) is 1. The van der Waals surface area contributed by atoms with Gasteiger partial charge < -0.3 is 5.73 Å². The topological polar surface area (TPSA) is 51.8 Å². The standard InChI is InChI=1S/C7H8F3N3.ClH/c1-4(11)6-12-2-5(3-13-6)7(8,9)10;/h2-4H,11H2,1H3;1H. The molecule has 1 aromatic heterocycles. The van der Waals surface area contributed by atoms with Gasteiger partial charge in [-0.25, -0.2) is 9.97 Å². The molecule has 7 heteroatoms. The highest BCUT2D eigenvalue weighted by Gasteiger charge is 2.31. The molecule has 0 amide bonds. The molecule has 0 aromatic carbocycles. The van der Waals surface area contributed by atoms with E-state index in [2.05, 4.69) is 9.97 Å². The molecule has 0 saturated carbocycles. The first kappa shape index (κ1) is 13.1. The van der Waals surface area contributed by atoms with Crippen molar-refractivity contribution in [2.24, 2.45) is 5.73 Å². The zero-order chi connectivity index (χ0) is 10.1. The van der Waals surface area contributed by atoms with Crippen molar-refractivity contribution in [1.29, 1.82) is 0 Å². The van der Waals surface area contributed by atoms with E-state index >= 15 is 0 Å². The molecule has 14 heavy (non-hydrogen) atoms. The first-order chi connectivity index (χ1) is 5.91. The van der Waals surface area contributed by atoms with E-state index in [1.54, 1.807) is 6.92 Å². The van der Waals surface area contributed by atoms with Crippen LogP contribution >= 0.6 is 12.4 Å². The molecule has 0 bridgehead atoms. The van der Waals surface area contributed by atoms with Gasteiger partial charge >= 0.3 is 6.18 Å². The first-order valence-electron chi connectivity index (χ1n) is 3.56. The highest BCUT2D eigenvalue weighted by atomic mass is 35.5. The summed E-state index contributed by atoms with van der Waals surface area (Å²) in [6.45, 7) is 1.60. The Labute approximate surface area is 85.0 Å². The lowest BCUT2D eigenvalue weighted by atomic mass is 10.3. The molecule has 0 spiro atoms. The second-order valence-electron chi connectivity index (χ2n) is 2.62. The van der Waals surface area contributed by atoms with Gasteiger partial charge in [0.2, 0.25) is 0 Å². The molecule has 0 fully saturated rings. The average Bonchev–Trinajstić information content (AvgIpc) is 2.03. The summed E-state index contributed by atoms with van der Waals surface area (Å²) >= 11 is 0. The second kappa shape index (κ2) is 4.56. The minimum absolute atomic E-state index is 0. The van der Waals surface area contributed by atoms with Crippen LogP contribution in [0, 0.1) is 0 Å². The first-order valence-corrected chi connectivity index (χ1v) is 3.56. The Morgan fingerprint density at radius 1 is 1.29 bits per heavy atom. The summed E-state index contributed by atoms with van der Waals surface area (Å²) in [7, 11) is 0. The third-order valence-corrected chi connectivity index (χ3v) is 1.41. The van der Waals surface area contributed by atoms with Crippen molar-refractivity contribution in [1.82, 2.24) is 9.97 Å². The molecule has 0 saturated heterocycles. The van der Waals surface area contributed by atoms with Crippen molar-refractivity contribution in [2.45, 2.75) is 19.1 Å². The van der Waals surface area contributed by atoms with E-state index in [1.807, 2.05) is 0 Å². The van der Waals surface area contributed by atoms with E-state index in [0.29, 0.717) is 0 Å². The minimum Gasteiger partial charge on any atom is -0.322 e. The van der Waals surface area contributed by atoms with Gasteiger partial charge in [0.25, 0.3) is 0 Å². The number of hydrogen-bond acceptors (Lipinski definition) is 3. The van der Waals surface area contributed by atoms with Gasteiger partial charge in [-0.15, -0.1) is 12.4 Å². The van der Waals surface area contributed by atoms with E-state index in [9.17, 15) is 13.2 Å². The summed E-state index contributed by atoms with van der Waals surface area (Å²) in [4.78, 5) is 6.98. The number of alkyl halides is 3. The number of nitrogens with zero attached hydrogens (tertiary/aromatic N) is 2. The monoisotopic (exact) mass is 227 g/mol. The maximum Gasteiger partial charge on any atom is 0.419 e. The van der Waals surface area contributed by atoms with E-state index in [0.717, 1.165) is 12.4 Å². The highest BCUT2D eigenvalue weighted by Crippen LogP contribution is 2.27.